The largest absolute Gasteiger partial charge is 0.426 e. The highest BCUT2D eigenvalue weighted by Crippen LogP contribution is 2.27. The van der Waals surface area contributed by atoms with Gasteiger partial charge in [-0.3, -0.25) is 14.9 Å². The normalized spacial score (nSPS) is 11.1. The SMILES string of the molecule is CC(=O)Oc1c(C)cccc1C(=O)Nc1ncc(S(C)(=O)=O)s1. The molecule has 9 heteroatoms. The number of aromatic nitrogens is 1. The maximum absolute atomic E-state index is 12.3. The van der Waals surface area contributed by atoms with Gasteiger partial charge in [0.25, 0.3) is 5.91 Å². The van der Waals surface area contributed by atoms with Crippen LogP contribution in [0.5, 0.6) is 5.75 Å². The Bertz CT molecular complexity index is 871. The Morgan fingerprint density at radius 3 is 2.57 bits per heavy atom. The Balaban J connectivity index is 2.29. The lowest BCUT2D eigenvalue weighted by atomic mass is 10.1. The molecule has 2 aromatic rings. The molecule has 0 atom stereocenters. The number of sulfone groups is 1. The van der Waals surface area contributed by atoms with Crippen molar-refractivity contribution in [2.24, 2.45) is 0 Å². The van der Waals surface area contributed by atoms with Gasteiger partial charge in [0, 0.05) is 13.2 Å². The zero-order valence-electron chi connectivity index (χ0n) is 12.6. The molecule has 0 fully saturated rings. The number of benzene rings is 1. The van der Waals surface area contributed by atoms with Crippen molar-refractivity contribution in [2.75, 3.05) is 11.6 Å². The number of amides is 1. The molecular weight excluding hydrogens is 340 g/mol. The molecule has 0 saturated heterocycles. The number of hydrogen-bond acceptors (Lipinski definition) is 7. The van der Waals surface area contributed by atoms with Crippen molar-refractivity contribution in [3.8, 4) is 5.75 Å². The van der Waals surface area contributed by atoms with E-state index < -0.39 is 21.7 Å². The van der Waals surface area contributed by atoms with Gasteiger partial charge in [-0.05, 0) is 18.6 Å². The summed E-state index contributed by atoms with van der Waals surface area (Å²) >= 11 is 0.848. The highest BCUT2D eigenvalue weighted by atomic mass is 32.2. The van der Waals surface area contributed by atoms with Crippen LogP contribution < -0.4 is 10.1 Å². The molecule has 0 bridgehead atoms. The number of esters is 1. The second kappa shape index (κ2) is 6.47. The number of thiazole rings is 1. The van der Waals surface area contributed by atoms with Crippen LogP contribution in [0.25, 0.3) is 0 Å². The third-order valence-corrected chi connectivity index (χ3v) is 5.47. The first-order chi connectivity index (χ1) is 10.7. The number of carbonyl (C=O) groups is 2. The summed E-state index contributed by atoms with van der Waals surface area (Å²) in [5.41, 5.74) is 0.792. The molecule has 0 aliphatic heterocycles. The van der Waals surface area contributed by atoms with Crippen molar-refractivity contribution in [1.82, 2.24) is 4.98 Å². The lowest BCUT2D eigenvalue weighted by Gasteiger charge is -2.10. The third-order valence-electron chi connectivity index (χ3n) is 2.77. The average molecular weight is 354 g/mol. The second-order valence-electron chi connectivity index (χ2n) is 4.76. The fourth-order valence-electron chi connectivity index (χ4n) is 1.76. The van der Waals surface area contributed by atoms with Gasteiger partial charge in [0.2, 0.25) is 0 Å². The number of aryl methyl sites for hydroxylation is 1. The number of rotatable bonds is 4. The quantitative estimate of drug-likeness (QED) is 0.666. The molecule has 23 heavy (non-hydrogen) atoms. The molecule has 0 radical (unpaired) electrons. The molecule has 1 aromatic carbocycles. The molecule has 0 aliphatic carbocycles. The fourth-order valence-corrected chi connectivity index (χ4v) is 3.40. The van der Waals surface area contributed by atoms with E-state index in [1.54, 1.807) is 19.1 Å². The van der Waals surface area contributed by atoms with Crippen LogP contribution in [-0.4, -0.2) is 31.5 Å². The van der Waals surface area contributed by atoms with Gasteiger partial charge in [0.15, 0.2) is 15.0 Å². The molecule has 7 nitrogen and oxygen atoms in total. The summed E-state index contributed by atoms with van der Waals surface area (Å²) in [6, 6.07) is 4.87. The monoisotopic (exact) mass is 354 g/mol. The Morgan fingerprint density at radius 2 is 2.00 bits per heavy atom. The van der Waals surface area contributed by atoms with E-state index in [0.717, 1.165) is 17.6 Å². The smallest absolute Gasteiger partial charge is 0.308 e. The molecule has 0 aliphatic rings. The number of nitrogens with zero attached hydrogens (tertiary/aromatic N) is 1. The summed E-state index contributed by atoms with van der Waals surface area (Å²) < 4.78 is 28.0. The summed E-state index contributed by atoms with van der Waals surface area (Å²) in [4.78, 5) is 27.4. The minimum absolute atomic E-state index is 0.0530. The van der Waals surface area contributed by atoms with Crippen molar-refractivity contribution >= 4 is 38.2 Å². The van der Waals surface area contributed by atoms with Crippen molar-refractivity contribution in [3.05, 3.63) is 35.5 Å². The fraction of sp³-hybridized carbons (Fsp3) is 0.214. The van der Waals surface area contributed by atoms with Crippen LogP contribution in [0.15, 0.2) is 28.6 Å². The van der Waals surface area contributed by atoms with Crippen LogP contribution >= 0.6 is 11.3 Å². The van der Waals surface area contributed by atoms with E-state index in [1.807, 2.05) is 0 Å². The van der Waals surface area contributed by atoms with Gasteiger partial charge in [-0.25, -0.2) is 13.4 Å². The van der Waals surface area contributed by atoms with E-state index in [4.69, 9.17) is 4.74 Å². The molecule has 0 saturated carbocycles. The predicted molar refractivity (Wildman–Crippen MR) is 85.7 cm³/mol. The number of ether oxygens (including phenoxy) is 1. The van der Waals surface area contributed by atoms with Crippen LogP contribution in [-0.2, 0) is 14.6 Å². The first-order valence-corrected chi connectivity index (χ1v) is 9.14. The third kappa shape index (κ3) is 4.14. The van der Waals surface area contributed by atoms with Crippen LogP contribution in [0.2, 0.25) is 0 Å². The minimum atomic E-state index is -3.38. The van der Waals surface area contributed by atoms with Crippen LogP contribution in [0.4, 0.5) is 5.13 Å². The molecular formula is C14H14N2O5S2. The van der Waals surface area contributed by atoms with E-state index in [1.165, 1.54) is 19.2 Å². The number of nitrogens with one attached hydrogen (secondary N) is 1. The zero-order chi connectivity index (χ0) is 17.2. The van der Waals surface area contributed by atoms with E-state index in [9.17, 15) is 18.0 Å². The molecule has 0 spiro atoms. The number of hydrogen-bond donors (Lipinski definition) is 1. The molecule has 1 heterocycles. The summed E-state index contributed by atoms with van der Waals surface area (Å²) in [6.07, 6.45) is 2.24. The maximum Gasteiger partial charge on any atom is 0.308 e. The Labute approximate surface area is 137 Å². The van der Waals surface area contributed by atoms with Gasteiger partial charge in [0.05, 0.1) is 11.8 Å². The topological polar surface area (TPSA) is 102 Å². The zero-order valence-corrected chi connectivity index (χ0v) is 14.2. The Hall–Kier alpha value is -2.26. The Morgan fingerprint density at radius 1 is 1.30 bits per heavy atom. The van der Waals surface area contributed by atoms with Gasteiger partial charge >= 0.3 is 5.97 Å². The van der Waals surface area contributed by atoms with E-state index in [2.05, 4.69) is 10.3 Å². The second-order valence-corrected chi connectivity index (χ2v) is 8.03. The molecule has 1 amide bonds. The highest BCUT2D eigenvalue weighted by molar-refractivity contribution is 7.92. The predicted octanol–water partition coefficient (Wildman–Crippen LogP) is 2.03. The lowest BCUT2D eigenvalue weighted by molar-refractivity contribution is -0.131. The summed E-state index contributed by atoms with van der Waals surface area (Å²) in [5, 5.41) is 2.65. The molecule has 1 aromatic heterocycles. The van der Waals surface area contributed by atoms with Crippen LogP contribution in [0.3, 0.4) is 0 Å². The summed E-state index contributed by atoms with van der Waals surface area (Å²) in [5.74, 6) is -0.918. The standard InChI is InChI=1S/C14H14N2O5S2/c1-8-5-4-6-10(12(8)21-9(2)17)13(18)16-14-15-7-11(22-14)23(3,19)20/h4-7H,1-3H3,(H,15,16,18). The van der Waals surface area contributed by atoms with Crippen LogP contribution in [0.1, 0.15) is 22.8 Å². The van der Waals surface area contributed by atoms with Crippen molar-refractivity contribution < 1.29 is 22.7 Å². The van der Waals surface area contributed by atoms with Gasteiger partial charge in [0.1, 0.15) is 9.96 Å². The number of para-hydroxylation sites is 1. The molecule has 122 valence electrons. The molecule has 2 rings (SSSR count). The molecule has 1 N–H and O–H groups in total. The van der Waals surface area contributed by atoms with Gasteiger partial charge < -0.3 is 4.74 Å². The average Bonchev–Trinajstić information content (AvgIpc) is 2.89. The first-order valence-electron chi connectivity index (χ1n) is 6.43. The lowest BCUT2D eigenvalue weighted by Crippen LogP contribution is -2.15. The first kappa shape index (κ1) is 17.1. The number of anilines is 1. The highest BCUT2D eigenvalue weighted by Gasteiger charge is 2.19. The number of carbonyl (C=O) groups excluding carboxylic acids is 2. The summed E-state index contributed by atoms with van der Waals surface area (Å²) in [6.45, 7) is 2.95. The Kier molecular flexibility index (Phi) is 4.81. The van der Waals surface area contributed by atoms with Crippen molar-refractivity contribution in [2.45, 2.75) is 18.1 Å². The van der Waals surface area contributed by atoms with E-state index in [-0.39, 0.29) is 20.7 Å². The van der Waals surface area contributed by atoms with Crippen molar-refractivity contribution in [3.63, 3.8) is 0 Å². The van der Waals surface area contributed by atoms with E-state index in [0.29, 0.717) is 5.56 Å². The van der Waals surface area contributed by atoms with Gasteiger partial charge in [-0.15, -0.1) is 0 Å². The molecule has 0 unspecified atom stereocenters. The van der Waals surface area contributed by atoms with Gasteiger partial charge in [-0.1, -0.05) is 23.5 Å². The van der Waals surface area contributed by atoms with Gasteiger partial charge in [-0.2, -0.15) is 0 Å². The summed E-state index contributed by atoms with van der Waals surface area (Å²) in [7, 11) is -3.38. The minimum Gasteiger partial charge on any atom is -0.426 e. The maximum atomic E-state index is 12.3. The van der Waals surface area contributed by atoms with E-state index >= 15 is 0 Å². The van der Waals surface area contributed by atoms with Crippen molar-refractivity contribution in [1.29, 1.82) is 0 Å². The van der Waals surface area contributed by atoms with Crippen LogP contribution in [0, 0.1) is 6.92 Å².